The van der Waals surface area contributed by atoms with Crippen molar-refractivity contribution in [2.75, 3.05) is 7.11 Å². The molecule has 1 aliphatic rings. The summed E-state index contributed by atoms with van der Waals surface area (Å²) in [6.07, 6.45) is 2.16. The molecule has 9 heteroatoms. The van der Waals surface area contributed by atoms with Gasteiger partial charge in [-0.3, -0.25) is 4.79 Å². The Morgan fingerprint density at radius 2 is 1.79 bits per heavy atom. The first-order valence-corrected chi connectivity index (χ1v) is 18.2. The van der Waals surface area contributed by atoms with Crippen LogP contribution in [-0.2, 0) is 20.7 Å². The number of aromatic amines is 1. The van der Waals surface area contributed by atoms with Crippen LogP contribution in [-0.4, -0.2) is 54.1 Å². The van der Waals surface area contributed by atoms with Crippen LogP contribution in [0, 0.1) is 11.5 Å². The summed E-state index contributed by atoms with van der Waals surface area (Å²) in [7, 11) is -0.501. The molecule has 0 bridgehead atoms. The van der Waals surface area contributed by atoms with Crippen molar-refractivity contribution in [3.63, 3.8) is 0 Å². The van der Waals surface area contributed by atoms with Crippen molar-refractivity contribution in [1.29, 1.82) is 0 Å². The van der Waals surface area contributed by atoms with E-state index in [1.54, 1.807) is 11.1 Å². The van der Waals surface area contributed by atoms with Gasteiger partial charge in [-0.25, -0.2) is 9.78 Å². The van der Waals surface area contributed by atoms with Gasteiger partial charge in [-0.15, -0.1) is 5.54 Å². The molecule has 0 radical (unpaired) electrons. The number of aromatic nitrogens is 2. The van der Waals surface area contributed by atoms with E-state index in [2.05, 4.69) is 57.0 Å². The first-order valence-electron chi connectivity index (χ1n) is 13.9. The van der Waals surface area contributed by atoms with Crippen LogP contribution < -0.4 is 4.74 Å². The predicted octanol–water partition coefficient (Wildman–Crippen LogP) is 6.68. The molecule has 1 N–H and O–H groups in total. The zero-order valence-corrected chi connectivity index (χ0v) is 27.2. The number of carbonyl (C=O) groups is 2. The SMILES string of the molecule is COC(=O)C1Cc2c([nH]c3ccc(Br)cc23)C(c2ccc(-c3ccc(OC(C)C)nc3)cc2)N1C(=O)C#C[Si](C)(C)C. The average molecular weight is 645 g/mol. The number of benzene rings is 2. The number of carbonyl (C=O) groups excluding carboxylic acids is 2. The zero-order chi connectivity index (χ0) is 30.2. The molecule has 0 aliphatic carbocycles. The number of ether oxygens (including phenoxy) is 2. The van der Waals surface area contributed by atoms with Crippen LogP contribution in [0.2, 0.25) is 19.6 Å². The predicted molar refractivity (Wildman–Crippen MR) is 171 cm³/mol. The number of rotatable bonds is 5. The molecule has 1 aliphatic heterocycles. The number of esters is 1. The topological polar surface area (TPSA) is 84.5 Å². The highest BCUT2D eigenvalue weighted by atomic mass is 79.9. The number of halogens is 1. The van der Waals surface area contributed by atoms with E-state index in [4.69, 9.17) is 9.47 Å². The van der Waals surface area contributed by atoms with E-state index < -0.39 is 32.0 Å². The molecule has 3 heterocycles. The average Bonchev–Trinajstić information content (AvgIpc) is 3.31. The Labute approximate surface area is 255 Å². The maximum absolute atomic E-state index is 13.9. The molecule has 2 aromatic heterocycles. The number of hydrogen-bond acceptors (Lipinski definition) is 5. The molecule has 0 fully saturated rings. The Morgan fingerprint density at radius 3 is 2.40 bits per heavy atom. The summed E-state index contributed by atoms with van der Waals surface area (Å²) >= 11 is 3.59. The minimum atomic E-state index is -1.86. The molecule has 42 heavy (non-hydrogen) atoms. The van der Waals surface area contributed by atoms with Gasteiger partial charge in [0, 0.05) is 45.3 Å². The van der Waals surface area contributed by atoms with E-state index in [0.717, 1.165) is 43.3 Å². The third-order valence-electron chi connectivity index (χ3n) is 7.09. The highest BCUT2D eigenvalue weighted by Crippen LogP contribution is 2.42. The number of hydrogen-bond donors (Lipinski definition) is 1. The van der Waals surface area contributed by atoms with Gasteiger partial charge in [-0.1, -0.05) is 59.8 Å². The third kappa shape index (κ3) is 6.15. The van der Waals surface area contributed by atoms with Crippen LogP contribution in [0.15, 0.2) is 65.3 Å². The molecule has 216 valence electrons. The maximum atomic E-state index is 13.9. The van der Waals surface area contributed by atoms with Crippen molar-refractivity contribution in [2.45, 2.75) is 58.1 Å². The third-order valence-corrected chi connectivity index (χ3v) is 8.46. The highest BCUT2D eigenvalue weighted by Gasteiger charge is 2.44. The molecule has 7 nitrogen and oxygen atoms in total. The number of fused-ring (bicyclic) bond motifs is 3. The lowest BCUT2D eigenvalue weighted by Crippen LogP contribution is -2.51. The van der Waals surface area contributed by atoms with Gasteiger partial charge in [0.15, 0.2) is 0 Å². The highest BCUT2D eigenvalue weighted by molar-refractivity contribution is 9.10. The summed E-state index contributed by atoms with van der Waals surface area (Å²) in [4.78, 5) is 36.7. The second-order valence-electron chi connectivity index (χ2n) is 11.7. The van der Waals surface area contributed by atoms with Crippen molar-refractivity contribution < 1.29 is 19.1 Å². The van der Waals surface area contributed by atoms with Crippen molar-refractivity contribution in [2.24, 2.45) is 0 Å². The number of amides is 1. The fraction of sp³-hybridized carbons (Fsp3) is 0.303. The quantitative estimate of drug-likeness (QED) is 0.149. The van der Waals surface area contributed by atoms with Gasteiger partial charge in [0.05, 0.1) is 19.3 Å². The summed E-state index contributed by atoms with van der Waals surface area (Å²) in [6.45, 7) is 10.2. The summed E-state index contributed by atoms with van der Waals surface area (Å²) in [5, 5.41) is 1.00. The first kappa shape index (κ1) is 29.6. The normalized spacial score (nSPS) is 16.5. The van der Waals surface area contributed by atoms with Crippen LogP contribution in [0.3, 0.4) is 0 Å². The van der Waals surface area contributed by atoms with Gasteiger partial charge < -0.3 is 19.4 Å². The standard InChI is InChI=1S/C33H34BrN3O4Si/c1-20(2)41-29-14-11-23(19-35-29)21-7-9-22(10-8-21)32-31-26(25-17-24(34)12-13-27(25)36-31)18-28(33(39)40-3)37(32)30(38)15-16-42(4,5)6/h7-14,17,19-20,28,32,36H,18H2,1-6H3. The Morgan fingerprint density at radius 1 is 1.07 bits per heavy atom. The van der Waals surface area contributed by atoms with Crippen molar-refractivity contribution in [3.8, 4) is 28.5 Å². The van der Waals surface area contributed by atoms with Gasteiger partial charge in [-0.2, -0.15) is 0 Å². The molecule has 2 unspecified atom stereocenters. The van der Waals surface area contributed by atoms with E-state index in [1.165, 1.54) is 7.11 Å². The van der Waals surface area contributed by atoms with Gasteiger partial charge in [0.2, 0.25) is 5.88 Å². The van der Waals surface area contributed by atoms with E-state index in [9.17, 15) is 9.59 Å². The lowest BCUT2D eigenvalue weighted by atomic mass is 9.87. The molecule has 0 saturated heterocycles. The van der Waals surface area contributed by atoms with Gasteiger partial charge in [-0.05, 0) is 60.7 Å². The lowest BCUT2D eigenvalue weighted by molar-refractivity contribution is -0.153. The van der Waals surface area contributed by atoms with Crippen LogP contribution in [0.1, 0.15) is 36.7 Å². The van der Waals surface area contributed by atoms with E-state index in [-0.39, 0.29) is 6.10 Å². The van der Waals surface area contributed by atoms with Crippen LogP contribution in [0.5, 0.6) is 5.88 Å². The maximum Gasteiger partial charge on any atom is 0.328 e. The monoisotopic (exact) mass is 643 g/mol. The molecular weight excluding hydrogens is 610 g/mol. The van der Waals surface area contributed by atoms with E-state index in [1.807, 2.05) is 68.4 Å². The van der Waals surface area contributed by atoms with Crippen molar-refractivity contribution in [3.05, 3.63) is 82.1 Å². The Hall–Kier alpha value is -3.87. The molecule has 4 aromatic rings. The van der Waals surface area contributed by atoms with Gasteiger partial charge >= 0.3 is 5.97 Å². The van der Waals surface area contributed by atoms with Crippen LogP contribution in [0.25, 0.3) is 22.0 Å². The van der Waals surface area contributed by atoms with Gasteiger partial charge in [0.1, 0.15) is 14.1 Å². The number of nitrogens with one attached hydrogen (secondary N) is 1. The Bertz CT molecular complexity index is 1700. The summed E-state index contributed by atoms with van der Waals surface area (Å²) in [5.74, 6) is 2.60. The second-order valence-corrected chi connectivity index (χ2v) is 17.4. The molecule has 2 aromatic carbocycles. The minimum absolute atomic E-state index is 0.0451. The molecule has 1 amide bonds. The first-order chi connectivity index (χ1) is 19.9. The van der Waals surface area contributed by atoms with Crippen molar-refractivity contribution >= 4 is 46.8 Å². The molecule has 5 rings (SSSR count). The van der Waals surface area contributed by atoms with Crippen molar-refractivity contribution in [1.82, 2.24) is 14.9 Å². The number of H-pyrrole nitrogens is 1. The Kier molecular flexibility index (Phi) is 8.31. The summed E-state index contributed by atoms with van der Waals surface area (Å²) < 4.78 is 11.8. The van der Waals surface area contributed by atoms with Crippen LogP contribution >= 0.6 is 15.9 Å². The van der Waals surface area contributed by atoms with E-state index in [0.29, 0.717) is 12.3 Å². The fourth-order valence-electron chi connectivity index (χ4n) is 5.25. The summed E-state index contributed by atoms with van der Waals surface area (Å²) in [6, 6.07) is 16.5. The number of methoxy groups -OCH3 is 1. The number of nitrogens with zero attached hydrogens (tertiary/aromatic N) is 2. The molecular formula is C33H34BrN3O4Si. The number of pyridine rings is 1. The van der Waals surface area contributed by atoms with Crippen LogP contribution in [0.4, 0.5) is 0 Å². The van der Waals surface area contributed by atoms with E-state index >= 15 is 0 Å². The summed E-state index contributed by atoms with van der Waals surface area (Å²) in [5.41, 5.74) is 8.75. The largest absolute Gasteiger partial charge is 0.475 e. The Balaban J connectivity index is 1.63. The molecule has 0 saturated carbocycles. The minimum Gasteiger partial charge on any atom is -0.475 e. The smallest absolute Gasteiger partial charge is 0.328 e. The fourth-order valence-corrected chi connectivity index (χ4v) is 6.09. The zero-order valence-electron chi connectivity index (χ0n) is 24.6. The molecule has 0 spiro atoms. The lowest BCUT2D eigenvalue weighted by Gasteiger charge is -2.40. The van der Waals surface area contributed by atoms with Gasteiger partial charge in [0.25, 0.3) is 5.91 Å². The molecule has 2 atom stereocenters. The second kappa shape index (κ2) is 11.8.